The number of amides is 1. The highest BCUT2D eigenvalue weighted by Crippen LogP contribution is 2.42. The lowest BCUT2D eigenvalue weighted by atomic mass is 9.83. The number of fused-ring (bicyclic) bond motifs is 1. The second kappa shape index (κ2) is 8.55. The van der Waals surface area contributed by atoms with Gasteiger partial charge in [-0.2, -0.15) is 0 Å². The molecule has 0 saturated carbocycles. The van der Waals surface area contributed by atoms with Crippen molar-refractivity contribution >= 4 is 5.91 Å². The molecular formula is C23H29NO4. The minimum atomic E-state index is -0.625. The molecular weight excluding hydrogens is 354 g/mol. The number of carbonyl (C=O) groups is 1. The fourth-order valence-corrected chi connectivity index (χ4v) is 3.65. The van der Waals surface area contributed by atoms with Crippen LogP contribution in [0.25, 0.3) is 0 Å². The largest absolute Gasteiger partial charge is 0.497 e. The summed E-state index contributed by atoms with van der Waals surface area (Å²) in [7, 11) is 1.60. The van der Waals surface area contributed by atoms with Crippen LogP contribution in [0.1, 0.15) is 51.6 Å². The molecule has 0 saturated heterocycles. The quantitative estimate of drug-likeness (QED) is 0.755. The van der Waals surface area contributed by atoms with E-state index in [9.17, 15) is 4.79 Å². The van der Waals surface area contributed by atoms with Gasteiger partial charge in [-0.3, -0.25) is 4.79 Å². The van der Waals surface area contributed by atoms with Crippen LogP contribution in [-0.2, 0) is 4.79 Å². The summed E-state index contributed by atoms with van der Waals surface area (Å²) in [5.74, 6) is 2.00. The van der Waals surface area contributed by atoms with Gasteiger partial charge < -0.3 is 19.5 Å². The van der Waals surface area contributed by atoms with Crippen LogP contribution in [0.3, 0.4) is 0 Å². The number of methoxy groups -OCH3 is 1. The van der Waals surface area contributed by atoms with E-state index in [1.165, 1.54) is 0 Å². The Morgan fingerprint density at radius 1 is 1.18 bits per heavy atom. The second-order valence-corrected chi connectivity index (χ2v) is 7.23. The Kier molecular flexibility index (Phi) is 6.12. The van der Waals surface area contributed by atoms with Crippen molar-refractivity contribution in [1.29, 1.82) is 0 Å². The smallest absolute Gasteiger partial charge is 0.261 e. The molecule has 1 amide bonds. The topological polar surface area (TPSA) is 56.8 Å². The van der Waals surface area contributed by atoms with Gasteiger partial charge in [-0.1, -0.05) is 38.1 Å². The van der Waals surface area contributed by atoms with E-state index in [4.69, 9.17) is 14.2 Å². The van der Waals surface area contributed by atoms with E-state index in [-0.39, 0.29) is 17.6 Å². The van der Waals surface area contributed by atoms with Crippen molar-refractivity contribution in [2.24, 2.45) is 0 Å². The van der Waals surface area contributed by atoms with Gasteiger partial charge in [-0.15, -0.1) is 0 Å². The molecule has 28 heavy (non-hydrogen) atoms. The SMILES string of the molecule is CCC1(CC)C[C@@H](NC(=O)[C@H](C)Oc2cccc(OC)c2)c2ccccc2O1. The molecule has 2 aromatic rings. The molecule has 3 rings (SSSR count). The van der Waals surface area contributed by atoms with Gasteiger partial charge in [-0.25, -0.2) is 0 Å². The lowest BCUT2D eigenvalue weighted by Gasteiger charge is -2.41. The molecule has 1 N–H and O–H groups in total. The van der Waals surface area contributed by atoms with Crippen molar-refractivity contribution in [3.8, 4) is 17.2 Å². The fourth-order valence-electron chi connectivity index (χ4n) is 3.65. The number of benzene rings is 2. The van der Waals surface area contributed by atoms with Crippen LogP contribution in [0.5, 0.6) is 17.2 Å². The molecule has 0 aromatic heterocycles. The predicted molar refractivity (Wildman–Crippen MR) is 109 cm³/mol. The summed E-state index contributed by atoms with van der Waals surface area (Å²) in [4.78, 5) is 12.9. The summed E-state index contributed by atoms with van der Waals surface area (Å²) in [6.45, 7) is 6.02. The fraction of sp³-hybridized carbons (Fsp3) is 0.435. The Bertz CT molecular complexity index is 816. The average molecular weight is 383 g/mol. The molecule has 1 aliphatic rings. The molecule has 2 atom stereocenters. The second-order valence-electron chi connectivity index (χ2n) is 7.23. The zero-order chi connectivity index (χ0) is 20.1. The number of ether oxygens (including phenoxy) is 3. The van der Waals surface area contributed by atoms with E-state index in [0.717, 1.165) is 30.6 Å². The van der Waals surface area contributed by atoms with E-state index in [2.05, 4.69) is 19.2 Å². The van der Waals surface area contributed by atoms with Crippen LogP contribution >= 0.6 is 0 Å². The minimum Gasteiger partial charge on any atom is -0.497 e. The first-order valence-electron chi connectivity index (χ1n) is 9.89. The Morgan fingerprint density at radius 2 is 1.89 bits per heavy atom. The molecule has 1 heterocycles. The molecule has 0 unspecified atom stereocenters. The maximum atomic E-state index is 12.9. The first-order chi connectivity index (χ1) is 13.5. The predicted octanol–water partition coefficient (Wildman–Crippen LogP) is 4.66. The molecule has 5 heteroatoms. The molecule has 2 aromatic carbocycles. The van der Waals surface area contributed by atoms with Crippen LogP contribution in [0.4, 0.5) is 0 Å². The van der Waals surface area contributed by atoms with Crippen LogP contribution in [-0.4, -0.2) is 24.7 Å². The van der Waals surface area contributed by atoms with E-state index in [0.29, 0.717) is 11.5 Å². The van der Waals surface area contributed by atoms with Crippen molar-refractivity contribution in [3.05, 3.63) is 54.1 Å². The summed E-state index contributed by atoms with van der Waals surface area (Å²) >= 11 is 0. The Hall–Kier alpha value is -2.69. The third-order valence-electron chi connectivity index (χ3n) is 5.53. The Labute approximate surface area is 167 Å². The average Bonchev–Trinajstić information content (AvgIpc) is 2.73. The maximum absolute atomic E-state index is 12.9. The van der Waals surface area contributed by atoms with Gasteiger partial charge in [0.2, 0.25) is 0 Å². The third kappa shape index (κ3) is 4.24. The Morgan fingerprint density at radius 3 is 2.61 bits per heavy atom. The van der Waals surface area contributed by atoms with Crippen LogP contribution in [0, 0.1) is 0 Å². The van der Waals surface area contributed by atoms with Gasteiger partial charge in [0.25, 0.3) is 5.91 Å². The lowest BCUT2D eigenvalue weighted by Crippen LogP contribution is -2.46. The van der Waals surface area contributed by atoms with Gasteiger partial charge in [0, 0.05) is 18.1 Å². The number of rotatable bonds is 7. The maximum Gasteiger partial charge on any atom is 0.261 e. The molecule has 0 fully saturated rings. The van der Waals surface area contributed by atoms with E-state index >= 15 is 0 Å². The van der Waals surface area contributed by atoms with Gasteiger partial charge in [0.1, 0.15) is 22.8 Å². The van der Waals surface area contributed by atoms with Crippen molar-refractivity contribution in [2.75, 3.05) is 7.11 Å². The molecule has 0 radical (unpaired) electrons. The molecule has 1 aliphatic heterocycles. The summed E-state index contributed by atoms with van der Waals surface area (Å²) in [5, 5.41) is 3.17. The number of carbonyl (C=O) groups excluding carboxylic acids is 1. The summed E-state index contributed by atoms with van der Waals surface area (Å²) in [6.07, 6.45) is 1.90. The van der Waals surface area contributed by atoms with Crippen molar-refractivity contribution < 1.29 is 19.0 Å². The van der Waals surface area contributed by atoms with E-state index in [1.54, 1.807) is 20.1 Å². The van der Waals surface area contributed by atoms with Gasteiger partial charge >= 0.3 is 0 Å². The van der Waals surface area contributed by atoms with Crippen molar-refractivity contribution in [2.45, 2.75) is 57.8 Å². The van der Waals surface area contributed by atoms with Gasteiger partial charge in [-0.05, 0) is 38.0 Å². The first-order valence-corrected chi connectivity index (χ1v) is 9.89. The molecule has 5 nitrogen and oxygen atoms in total. The summed E-state index contributed by atoms with van der Waals surface area (Å²) in [6, 6.07) is 15.1. The zero-order valence-corrected chi connectivity index (χ0v) is 17.0. The summed E-state index contributed by atoms with van der Waals surface area (Å²) in [5.41, 5.74) is 0.755. The third-order valence-corrected chi connectivity index (χ3v) is 5.53. The molecule has 0 bridgehead atoms. The summed E-state index contributed by atoms with van der Waals surface area (Å²) < 4.78 is 17.4. The van der Waals surface area contributed by atoms with Gasteiger partial charge in [0.05, 0.1) is 13.2 Å². The number of para-hydroxylation sites is 1. The van der Waals surface area contributed by atoms with E-state index in [1.807, 2.05) is 42.5 Å². The van der Waals surface area contributed by atoms with Crippen molar-refractivity contribution in [1.82, 2.24) is 5.32 Å². The molecule has 0 spiro atoms. The van der Waals surface area contributed by atoms with Crippen LogP contribution < -0.4 is 19.5 Å². The Balaban J connectivity index is 1.74. The molecule has 150 valence electrons. The van der Waals surface area contributed by atoms with Crippen LogP contribution in [0.15, 0.2) is 48.5 Å². The van der Waals surface area contributed by atoms with Crippen LogP contribution in [0.2, 0.25) is 0 Å². The highest BCUT2D eigenvalue weighted by molar-refractivity contribution is 5.81. The highest BCUT2D eigenvalue weighted by atomic mass is 16.5. The molecule has 0 aliphatic carbocycles. The minimum absolute atomic E-state index is 0.103. The monoisotopic (exact) mass is 383 g/mol. The lowest BCUT2D eigenvalue weighted by molar-refractivity contribution is -0.128. The van der Waals surface area contributed by atoms with E-state index < -0.39 is 6.10 Å². The number of hydrogen-bond donors (Lipinski definition) is 1. The normalized spacial score (nSPS) is 18.4. The number of nitrogens with one attached hydrogen (secondary N) is 1. The first kappa shape index (κ1) is 20.1. The number of hydrogen-bond acceptors (Lipinski definition) is 4. The van der Waals surface area contributed by atoms with Gasteiger partial charge in [0.15, 0.2) is 6.10 Å². The van der Waals surface area contributed by atoms with Crippen molar-refractivity contribution in [3.63, 3.8) is 0 Å². The zero-order valence-electron chi connectivity index (χ0n) is 17.0. The standard InChI is InChI=1S/C23H29NO4/c1-5-23(6-2)15-20(19-12-7-8-13-21(19)28-23)24-22(25)16(3)27-18-11-9-10-17(14-18)26-4/h7-14,16,20H,5-6,15H2,1-4H3,(H,24,25)/t16-,20+/m0/s1. The highest BCUT2D eigenvalue weighted by Gasteiger charge is 2.39.